The summed E-state index contributed by atoms with van der Waals surface area (Å²) in [5.74, 6) is 0.654. The Labute approximate surface area is 202 Å². The van der Waals surface area contributed by atoms with Crippen molar-refractivity contribution in [3.05, 3.63) is 81.5 Å². The van der Waals surface area contributed by atoms with E-state index in [1.165, 1.54) is 16.3 Å². The molecule has 0 saturated heterocycles. The molecule has 0 bridgehead atoms. The van der Waals surface area contributed by atoms with E-state index in [4.69, 9.17) is 9.72 Å². The van der Waals surface area contributed by atoms with E-state index in [1.807, 2.05) is 51.1 Å². The second kappa shape index (κ2) is 10.4. The third-order valence-electron chi connectivity index (χ3n) is 5.81. The zero-order valence-corrected chi connectivity index (χ0v) is 20.7. The van der Waals surface area contributed by atoms with Crippen LogP contribution in [0.1, 0.15) is 33.7 Å². The summed E-state index contributed by atoms with van der Waals surface area (Å²) in [6, 6.07) is 12.9. The van der Waals surface area contributed by atoms with Crippen LogP contribution >= 0.6 is 11.8 Å². The molecule has 0 fully saturated rings. The predicted octanol–water partition coefficient (Wildman–Crippen LogP) is 4.52. The molecule has 0 aliphatic rings. The van der Waals surface area contributed by atoms with Crippen molar-refractivity contribution in [3.8, 4) is 5.82 Å². The van der Waals surface area contributed by atoms with Crippen molar-refractivity contribution in [1.29, 1.82) is 0 Å². The molecule has 0 aliphatic heterocycles. The summed E-state index contributed by atoms with van der Waals surface area (Å²) < 4.78 is 8.80. The van der Waals surface area contributed by atoms with E-state index in [-0.39, 0.29) is 17.1 Å². The fourth-order valence-electron chi connectivity index (χ4n) is 4.01. The summed E-state index contributed by atoms with van der Waals surface area (Å²) >= 11 is 1.26. The maximum absolute atomic E-state index is 13.3. The molecular weight excluding hydrogens is 448 g/mol. The zero-order chi connectivity index (χ0) is 24.2. The van der Waals surface area contributed by atoms with Crippen LogP contribution in [-0.2, 0) is 11.3 Å². The van der Waals surface area contributed by atoms with E-state index in [0.29, 0.717) is 34.0 Å². The Bertz CT molecular complexity index is 1390. The van der Waals surface area contributed by atoms with Crippen LogP contribution in [0.2, 0.25) is 0 Å². The van der Waals surface area contributed by atoms with Gasteiger partial charge < -0.3 is 9.30 Å². The van der Waals surface area contributed by atoms with Crippen LogP contribution in [0, 0.1) is 20.8 Å². The maximum atomic E-state index is 13.3. The van der Waals surface area contributed by atoms with Crippen molar-refractivity contribution in [2.45, 2.75) is 38.9 Å². The van der Waals surface area contributed by atoms with E-state index >= 15 is 0 Å². The Kier molecular flexibility index (Phi) is 7.29. The molecule has 176 valence electrons. The fourth-order valence-corrected chi connectivity index (χ4v) is 4.89. The molecule has 0 unspecified atom stereocenters. The number of rotatable bonds is 9. The van der Waals surface area contributed by atoms with Crippen LogP contribution in [0.4, 0.5) is 0 Å². The molecule has 1 aromatic carbocycles. The highest BCUT2D eigenvalue weighted by Crippen LogP contribution is 2.24. The third-order valence-corrected chi connectivity index (χ3v) is 6.74. The number of ether oxygens (including phenoxy) is 1. The number of aromatic nitrogens is 4. The topological polar surface area (TPSA) is 79.0 Å². The summed E-state index contributed by atoms with van der Waals surface area (Å²) in [6.45, 7) is 7.40. The minimum absolute atomic E-state index is 0.00177. The third kappa shape index (κ3) is 4.83. The average Bonchev–Trinajstić information content (AvgIpc) is 3.12. The number of nitrogens with zero attached hydrogens (tertiary/aromatic N) is 4. The second-order valence-corrected chi connectivity index (χ2v) is 9.18. The van der Waals surface area contributed by atoms with Gasteiger partial charge >= 0.3 is 0 Å². The number of hydrogen-bond donors (Lipinski definition) is 0. The van der Waals surface area contributed by atoms with Gasteiger partial charge in [-0.1, -0.05) is 30.0 Å². The molecule has 4 rings (SSSR count). The molecule has 0 saturated carbocycles. The van der Waals surface area contributed by atoms with Crippen LogP contribution in [0.3, 0.4) is 0 Å². The number of carbonyl (C=O) groups is 1. The normalized spacial score (nSPS) is 11.3. The lowest BCUT2D eigenvalue weighted by Crippen LogP contribution is -2.23. The SMILES string of the molecule is COCCCn1c(C)cc(C(=O)CSc2nc3ccccc3c(=O)n2-c2ccc(C)cn2)c1C. The number of para-hydroxylation sites is 1. The second-order valence-electron chi connectivity index (χ2n) is 8.24. The molecule has 7 nitrogen and oxygen atoms in total. The molecule has 0 N–H and O–H groups in total. The molecule has 0 spiro atoms. The lowest BCUT2D eigenvalue weighted by Gasteiger charge is -2.12. The zero-order valence-electron chi connectivity index (χ0n) is 19.9. The van der Waals surface area contributed by atoms with Gasteiger partial charge in [0.25, 0.3) is 5.56 Å². The highest BCUT2D eigenvalue weighted by atomic mass is 32.2. The molecule has 3 aromatic heterocycles. The van der Waals surface area contributed by atoms with E-state index in [9.17, 15) is 9.59 Å². The Morgan fingerprint density at radius 1 is 1.12 bits per heavy atom. The molecule has 8 heteroatoms. The number of carbonyl (C=O) groups excluding carboxylic acids is 1. The lowest BCUT2D eigenvalue weighted by molar-refractivity contribution is 0.102. The summed E-state index contributed by atoms with van der Waals surface area (Å²) in [5, 5.41) is 0.961. The van der Waals surface area contributed by atoms with Crippen molar-refractivity contribution >= 4 is 28.4 Å². The molecule has 3 heterocycles. The first-order valence-electron chi connectivity index (χ1n) is 11.2. The van der Waals surface area contributed by atoms with Gasteiger partial charge in [-0.25, -0.2) is 14.5 Å². The number of ketones is 1. The van der Waals surface area contributed by atoms with Gasteiger partial charge in [-0.05, 0) is 57.0 Å². The van der Waals surface area contributed by atoms with Crippen LogP contribution in [-0.4, -0.2) is 44.4 Å². The minimum atomic E-state index is -0.201. The van der Waals surface area contributed by atoms with Crippen molar-refractivity contribution in [1.82, 2.24) is 19.1 Å². The molecule has 0 atom stereocenters. The van der Waals surface area contributed by atoms with Gasteiger partial charge in [0.15, 0.2) is 10.9 Å². The molecular formula is C26H28N4O3S. The first-order chi connectivity index (χ1) is 16.4. The summed E-state index contributed by atoms with van der Waals surface area (Å²) in [6.07, 6.45) is 2.60. The van der Waals surface area contributed by atoms with Gasteiger partial charge in [0.1, 0.15) is 5.82 Å². The average molecular weight is 477 g/mol. The van der Waals surface area contributed by atoms with Crippen molar-refractivity contribution in [3.63, 3.8) is 0 Å². The molecule has 34 heavy (non-hydrogen) atoms. The van der Waals surface area contributed by atoms with Crippen molar-refractivity contribution in [2.24, 2.45) is 0 Å². The number of pyridine rings is 1. The van der Waals surface area contributed by atoms with Crippen molar-refractivity contribution in [2.75, 3.05) is 19.5 Å². The van der Waals surface area contributed by atoms with Gasteiger partial charge in [0, 0.05) is 43.4 Å². The summed E-state index contributed by atoms with van der Waals surface area (Å²) in [5.41, 5.74) is 4.09. The first kappa shape index (κ1) is 23.9. The largest absolute Gasteiger partial charge is 0.385 e. The standard InChI is InChI=1S/C26H28N4O3S/c1-17-10-11-24(27-15-17)30-25(32)20-8-5-6-9-22(20)28-26(30)34-16-23(31)21-14-18(2)29(19(21)3)12-7-13-33-4/h5-6,8-11,14-15H,7,12-13,16H2,1-4H3. The van der Waals surface area contributed by atoms with E-state index in [1.54, 1.807) is 25.4 Å². The van der Waals surface area contributed by atoms with Crippen LogP contribution in [0.15, 0.2) is 58.6 Å². The Balaban J connectivity index is 1.65. The number of fused-ring (bicyclic) bond motifs is 1. The summed E-state index contributed by atoms with van der Waals surface area (Å²) in [7, 11) is 1.69. The van der Waals surface area contributed by atoms with E-state index in [0.717, 1.165) is 29.9 Å². The van der Waals surface area contributed by atoms with Gasteiger partial charge in [-0.3, -0.25) is 9.59 Å². The quantitative estimate of drug-likeness (QED) is 0.153. The number of aryl methyl sites for hydroxylation is 2. The number of benzene rings is 1. The van der Waals surface area contributed by atoms with Gasteiger partial charge in [-0.15, -0.1) is 0 Å². The maximum Gasteiger partial charge on any atom is 0.267 e. The molecule has 4 aromatic rings. The van der Waals surface area contributed by atoms with Gasteiger partial charge in [-0.2, -0.15) is 0 Å². The van der Waals surface area contributed by atoms with Crippen molar-refractivity contribution < 1.29 is 9.53 Å². The van der Waals surface area contributed by atoms with Gasteiger partial charge in [0.2, 0.25) is 0 Å². The van der Waals surface area contributed by atoms with E-state index < -0.39 is 0 Å². The van der Waals surface area contributed by atoms with E-state index in [2.05, 4.69) is 9.55 Å². The number of hydrogen-bond acceptors (Lipinski definition) is 6. The lowest BCUT2D eigenvalue weighted by atomic mass is 10.2. The Morgan fingerprint density at radius 2 is 1.91 bits per heavy atom. The number of Topliss-reactive ketones (excluding diaryl/α,β-unsaturated/α-hetero) is 1. The Hall–Kier alpha value is -3.23. The predicted molar refractivity (Wildman–Crippen MR) is 135 cm³/mol. The summed E-state index contributed by atoms with van der Waals surface area (Å²) in [4.78, 5) is 35.7. The van der Waals surface area contributed by atoms with Crippen LogP contribution in [0.5, 0.6) is 0 Å². The highest BCUT2D eigenvalue weighted by molar-refractivity contribution is 7.99. The highest BCUT2D eigenvalue weighted by Gasteiger charge is 2.19. The smallest absolute Gasteiger partial charge is 0.267 e. The Morgan fingerprint density at radius 3 is 2.65 bits per heavy atom. The monoisotopic (exact) mass is 476 g/mol. The van der Waals surface area contributed by atoms with Gasteiger partial charge in [0.05, 0.1) is 16.7 Å². The molecule has 0 radical (unpaired) electrons. The number of thioether (sulfide) groups is 1. The van der Waals surface area contributed by atoms with Crippen LogP contribution < -0.4 is 5.56 Å². The first-order valence-corrected chi connectivity index (χ1v) is 12.2. The number of methoxy groups -OCH3 is 1. The molecule has 0 aliphatic carbocycles. The fraction of sp³-hybridized carbons (Fsp3) is 0.308. The molecule has 0 amide bonds. The van der Waals surface area contributed by atoms with Crippen LogP contribution in [0.25, 0.3) is 16.7 Å². The minimum Gasteiger partial charge on any atom is -0.385 e.